The van der Waals surface area contributed by atoms with Crippen molar-refractivity contribution in [2.45, 2.75) is 0 Å². The van der Waals surface area contributed by atoms with Crippen LogP contribution in [0.15, 0.2) is 12.5 Å². The summed E-state index contributed by atoms with van der Waals surface area (Å²) in [4.78, 5) is 7.79. The zero-order valence-corrected chi connectivity index (χ0v) is 7.56. The van der Waals surface area contributed by atoms with Gasteiger partial charge in [-0.05, 0) is 22.6 Å². The van der Waals surface area contributed by atoms with E-state index in [1.165, 1.54) is 10.8 Å². The average molecular weight is 261 g/mol. The molecule has 0 aliphatic heterocycles. The lowest BCUT2D eigenvalue weighted by Gasteiger charge is -1.93. The molecule has 2 aromatic heterocycles. The second kappa shape index (κ2) is 2.29. The molecular weight excluding hydrogens is 257 g/mol. The van der Waals surface area contributed by atoms with Gasteiger partial charge in [-0.25, -0.2) is 9.97 Å². The van der Waals surface area contributed by atoms with Gasteiger partial charge in [0, 0.05) is 0 Å². The van der Waals surface area contributed by atoms with Crippen molar-refractivity contribution < 1.29 is 0 Å². The Morgan fingerprint density at radius 3 is 3.00 bits per heavy atom. The van der Waals surface area contributed by atoms with Gasteiger partial charge in [0.1, 0.15) is 6.33 Å². The molecule has 0 radical (unpaired) electrons. The number of anilines is 1. The normalized spacial score (nSPS) is 10.6. The summed E-state index contributed by atoms with van der Waals surface area (Å²) < 4.78 is 2.47. The number of nitrogen functional groups attached to an aromatic ring is 1. The molecule has 56 valence electrons. The van der Waals surface area contributed by atoms with Gasteiger partial charge in [-0.15, -0.1) is 0 Å². The molecule has 0 amide bonds. The van der Waals surface area contributed by atoms with Crippen molar-refractivity contribution in [2.75, 3.05) is 5.73 Å². The Bertz CT molecular complexity index is 395. The second-order valence-electron chi connectivity index (χ2n) is 1.96. The number of rotatable bonds is 0. The zero-order valence-electron chi connectivity index (χ0n) is 5.40. The van der Waals surface area contributed by atoms with Crippen LogP contribution in [0.25, 0.3) is 5.65 Å². The molecule has 0 saturated heterocycles. The molecule has 0 aliphatic carbocycles. The third-order valence-corrected chi connectivity index (χ3v) is 2.05. The van der Waals surface area contributed by atoms with Gasteiger partial charge in [0.25, 0.3) is 0 Å². The lowest BCUT2D eigenvalue weighted by molar-refractivity contribution is 0.909. The summed E-state index contributed by atoms with van der Waals surface area (Å²) in [7, 11) is 0. The Morgan fingerprint density at radius 2 is 2.27 bits per heavy atom. The van der Waals surface area contributed by atoms with E-state index in [0.717, 1.165) is 9.22 Å². The summed E-state index contributed by atoms with van der Waals surface area (Å²) in [6, 6.07) is 0. The van der Waals surface area contributed by atoms with Crippen LogP contribution in [-0.4, -0.2) is 19.6 Å². The van der Waals surface area contributed by atoms with Crippen molar-refractivity contribution >= 4 is 34.2 Å². The molecule has 0 unspecified atom stereocenters. The predicted molar refractivity (Wildman–Crippen MR) is 47.9 cm³/mol. The highest BCUT2D eigenvalue weighted by molar-refractivity contribution is 14.1. The number of hydrogen-bond acceptors (Lipinski definition) is 4. The number of aromatic nitrogens is 4. The van der Waals surface area contributed by atoms with Crippen molar-refractivity contribution in [1.29, 1.82) is 0 Å². The van der Waals surface area contributed by atoms with Crippen LogP contribution in [-0.2, 0) is 0 Å². The summed E-state index contributed by atoms with van der Waals surface area (Å²) in [5, 5.41) is 3.98. The molecule has 0 aliphatic rings. The molecule has 0 aromatic carbocycles. The first-order valence-corrected chi connectivity index (χ1v) is 3.96. The third kappa shape index (κ3) is 0.934. The number of halogens is 1. The van der Waals surface area contributed by atoms with E-state index in [9.17, 15) is 0 Å². The minimum absolute atomic E-state index is 0.359. The first-order valence-electron chi connectivity index (χ1n) is 2.89. The molecular formula is C5H4IN5. The number of nitrogens with zero attached hydrogens (tertiary/aromatic N) is 4. The maximum absolute atomic E-state index is 5.52. The fourth-order valence-corrected chi connectivity index (χ4v) is 1.30. The quantitative estimate of drug-likeness (QED) is 0.693. The van der Waals surface area contributed by atoms with Gasteiger partial charge in [-0.2, -0.15) is 9.61 Å². The highest BCUT2D eigenvalue weighted by Crippen LogP contribution is 2.10. The predicted octanol–water partition coefficient (Wildman–Crippen LogP) is 0.311. The maximum atomic E-state index is 5.52. The highest BCUT2D eigenvalue weighted by Gasteiger charge is 2.03. The minimum Gasteiger partial charge on any atom is -0.368 e. The van der Waals surface area contributed by atoms with Crippen LogP contribution in [0.3, 0.4) is 0 Å². The number of fused-ring (bicyclic) bond motifs is 1. The van der Waals surface area contributed by atoms with Crippen molar-refractivity contribution in [3.63, 3.8) is 0 Å². The third-order valence-electron chi connectivity index (χ3n) is 1.29. The summed E-state index contributed by atoms with van der Waals surface area (Å²) in [5.74, 6) is 0.359. The van der Waals surface area contributed by atoms with Crippen LogP contribution in [0.1, 0.15) is 0 Å². The Labute approximate surface area is 75.8 Å². The average Bonchev–Trinajstić information content (AvgIpc) is 2.35. The molecule has 2 aromatic rings. The van der Waals surface area contributed by atoms with Gasteiger partial charge < -0.3 is 5.73 Å². The first-order chi connectivity index (χ1) is 5.29. The van der Waals surface area contributed by atoms with Gasteiger partial charge >= 0.3 is 0 Å². The SMILES string of the molecule is Nc1ncnc2c(I)cnn12. The van der Waals surface area contributed by atoms with Crippen LogP contribution in [0, 0.1) is 3.57 Å². The van der Waals surface area contributed by atoms with Gasteiger partial charge in [0.2, 0.25) is 5.95 Å². The van der Waals surface area contributed by atoms with Crippen molar-refractivity contribution in [2.24, 2.45) is 0 Å². The summed E-state index contributed by atoms with van der Waals surface area (Å²) in [6.45, 7) is 0. The van der Waals surface area contributed by atoms with E-state index < -0.39 is 0 Å². The molecule has 11 heavy (non-hydrogen) atoms. The molecule has 6 heteroatoms. The smallest absolute Gasteiger partial charge is 0.224 e. The molecule has 0 atom stereocenters. The standard InChI is InChI=1S/C5H4IN5/c6-3-1-10-11-4(3)8-2-9-5(11)7/h1-2H,(H2,7,8,9). The fourth-order valence-electron chi connectivity index (χ4n) is 0.803. The van der Waals surface area contributed by atoms with Gasteiger partial charge in [0.05, 0.1) is 9.77 Å². The summed E-state index contributed by atoms with van der Waals surface area (Å²) >= 11 is 2.14. The van der Waals surface area contributed by atoms with Crippen LogP contribution >= 0.6 is 22.6 Å². The highest BCUT2D eigenvalue weighted by atomic mass is 127. The molecule has 2 N–H and O–H groups in total. The van der Waals surface area contributed by atoms with Crippen LogP contribution in [0.2, 0.25) is 0 Å². The van der Waals surface area contributed by atoms with E-state index in [0.29, 0.717) is 5.95 Å². The lowest BCUT2D eigenvalue weighted by Crippen LogP contribution is -2.02. The summed E-state index contributed by atoms with van der Waals surface area (Å²) in [5.41, 5.74) is 6.26. The molecule has 0 fully saturated rings. The van der Waals surface area contributed by atoms with E-state index >= 15 is 0 Å². The van der Waals surface area contributed by atoms with Crippen LogP contribution in [0.4, 0.5) is 5.95 Å². The number of hydrogen-bond donors (Lipinski definition) is 1. The molecule has 5 nitrogen and oxygen atoms in total. The Kier molecular flexibility index (Phi) is 1.41. The second-order valence-corrected chi connectivity index (χ2v) is 3.12. The molecule has 0 bridgehead atoms. The zero-order chi connectivity index (χ0) is 7.84. The largest absolute Gasteiger partial charge is 0.368 e. The van der Waals surface area contributed by atoms with Gasteiger partial charge in [-0.1, -0.05) is 0 Å². The Balaban J connectivity index is 2.94. The topological polar surface area (TPSA) is 69.1 Å². The fraction of sp³-hybridized carbons (Fsp3) is 0. The van der Waals surface area contributed by atoms with E-state index in [4.69, 9.17) is 5.73 Å². The Hall–Kier alpha value is -0.920. The molecule has 0 spiro atoms. The van der Waals surface area contributed by atoms with Gasteiger partial charge in [-0.3, -0.25) is 0 Å². The maximum Gasteiger partial charge on any atom is 0.224 e. The van der Waals surface area contributed by atoms with Crippen LogP contribution in [0.5, 0.6) is 0 Å². The van der Waals surface area contributed by atoms with Crippen molar-refractivity contribution in [3.8, 4) is 0 Å². The van der Waals surface area contributed by atoms with Crippen LogP contribution < -0.4 is 5.73 Å². The van der Waals surface area contributed by atoms with E-state index in [1.807, 2.05) is 0 Å². The molecule has 2 heterocycles. The van der Waals surface area contributed by atoms with E-state index in [1.54, 1.807) is 6.20 Å². The molecule has 2 rings (SSSR count). The van der Waals surface area contributed by atoms with Gasteiger partial charge in [0.15, 0.2) is 5.65 Å². The minimum atomic E-state index is 0.359. The Morgan fingerprint density at radius 1 is 1.45 bits per heavy atom. The lowest BCUT2D eigenvalue weighted by atomic mass is 10.7. The van der Waals surface area contributed by atoms with Crippen molar-refractivity contribution in [3.05, 3.63) is 16.1 Å². The first kappa shape index (κ1) is 6.77. The number of nitrogens with two attached hydrogens (primary N) is 1. The van der Waals surface area contributed by atoms with E-state index in [-0.39, 0.29) is 0 Å². The molecule has 0 saturated carbocycles. The summed E-state index contributed by atoms with van der Waals surface area (Å²) in [6.07, 6.45) is 3.12. The van der Waals surface area contributed by atoms with Crippen molar-refractivity contribution in [1.82, 2.24) is 19.6 Å². The van der Waals surface area contributed by atoms with E-state index in [2.05, 4.69) is 37.7 Å². The monoisotopic (exact) mass is 261 g/mol.